The lowest BCUT2D eigenvalue weighted by Gasteiger charge is -2.13. The van der Waals surface area contributed by atoms with Crippen LogP contribution in [0.25, 0.3) is 5.69 Å². The molecule has 0 saturated carbocycles. The summed E-state index contributed by atoms with van der Waals surface area (Å²) in [5, 5.41) is 13.2. The molecule has 1 unspecified atom stereocenters. The van der Waals surface area contributed by atoms with Crippen LogP contribution in [-0.4, -0.2) is 42.7 Å². The third-order valence-electron chi connectivity index (χ3n) is 3.61. The first-order valence-electron chi connectivity index (χ1n) is 8.22. The number of halogens is 1. The van der Waals surface area contributed by atoms with Gasteiger partial charge < -0.3 is 15.2 Å². The second-order valence-electron chi connectivity index (χ2n) is 5.81. The lowest BCUT2D eigenvalue weighted by Crippen LogP contribution is -2.25. The van der Waals surface area contributed by atoms with Crippen molar-refractivity contribution in [3.05, 3.63) is 47.7 Å². The number of thioether (sulfide) groups is 1. The second kappa shape index (κ2) is 8.89. The van der Waals surface area contributed by atoms with Gasteiger partial charge in [0, 0.05) is 11.1 Å². The molecule has 0 aliphatic rings. The van der Waals surface area contributed by atoms with E-state index in [-0.39, 0.29) is 17.6 Å². The average molecular weight is 421 g/mol. The highest BCUT2D eigenvalue weighted by Crippen LogP contribution is 2.24. The number of carbonyl (C=O) groups excluding carboxylic acids is 2. The number of nitrogens with zero attached hydrogens (tertiary/aromatic N) is 4. The maximum Gasteiger partial charge on any atom is 0.238 e. The van der Waals surface area contributed by atoms with Crippen molar-refractivity contribution in [3.63, 3.8) is 0 Å². The largest absolute Gasteiger partial charge is 0.360 e. The molecule has 2 aromatic heterocycles. The van der Waals surface area contributed by atoms with Crippen molar-refractivity contribution < 1.29 is 14.1 Å². The van der Waals surface area contributed by atoms with Crippen molar-refractivity contribution in [3.8, 4) is 5.69 Å². The van der Waals surface area contributed by atoms with Crippen molar-refractivity contribution in [2.45, 2.75) is 19.1 Å². The van der Waals surface area contributed by atoms with Crippen molar-refractivity contribution in [1.29, 1.82) is 0 Å². The van der Waals surface area contributed by atoms with Gasteiger partial charge in [-0.05, 0) is 32.0 Å². The van der Waals surface area contributed by atoms with Crippen LogP contribution in [0.5, 0.6) is 0 Å². The number of amides is 2. The zero-order chi connectivity index (χ0) is 20.1. The van der Waals surface area contributed by atoms with Crippen LogP contribution >= 0.6 is 23.4 Å². The molecule has 0 spiro atoms. The number of rotatable bonds is 7. The Balaban J connectivity index is 1.57. The molecule has 0 fully saturated rings. The third kappa shape index (κ3) is 5.11. The molecule has 3 aromatic rings. The Hall–Kier alpha value is -2.85. The molecule has 0 radical (unpaired) electrons. The minimum atomic E-state index is -0.461. The van der Waals surface area contributed by atoms with Crippen molar-refractivity contribution >= 4 is 46.7 Å². The molecule has 2 N–H and O–H groups in total. The molecule has 1 aromatic carbocycles. The summed E-state index contributed by atoms with van der Waals surface area (Å²) in [6, 6.07) is 6.67. The molecule has 0 saturated heterocycles. The summed E-state index contributed by atoms with van der Waals surface area (Å²) in [4.78, 5) is 28.4. The van der Waals surface area contributed by atoms with Crippen LogP contribution in [0.15, 0.2) is 41.4 Å². The maximum absolute atomic E-state index is 12.4. The highest BCUT2D eigenvalue weighted by Gasteiger charge is 2.17. The molecule has 9 nitrogen and oxygen atoms in total. The molecule has 146 valence electrons. The molecule has 3 rings (SSSR count). The predicted molar refractivity (Wildman–Crippen MR) is 107 cm³/mol. The van der Waals surface area contributed by atoms with Gasteiger partial charge in [0.2, 0.25) is 11.8 Å². The van der Waals surface area contributed by atoms with Crippen LogP contribution in [0.4, 0.5) is 11.5 Å². The van der Waals surface area contributed by atoms with Crippen LogP contribution in [0.1, 0.15) is 12.7 Å². The Kier molecular flexibility index (Phi) is 6.32. The quantitative estimate of drug-likeness (QED) is 0.603. The zero-order valence-corrected chi connectivity index (χ0v) is 16.6. The van der Waals surface area contributed by atoms with Crippen molar-refractivity contribution in [1.82, 2.24) is 19.9 Å². The minimum absolute atomic E-state index is 0.0791. The Labute approximate surface area is 169 Å². The average Bonchev–Trinajstić information content (AvgIpc) is 3.32. The minimum Gasteiger partial charge on any atom is -0.360 e. The molecule has 0 bridgehead atoms. The lowest BCUT2D eigenvalue weighted by molar-refractivity contribution is -0.115. The van der Waals surface area contributed by atoms with E-state index >= 15 is 0 Å². The van der Waals surface area contributed by atoms with E-state index in [0.29, 0.717) is 28.0 Å². The number of aryl methyl sites for hydroxylation is 1. The number of anilines is 2. The summed E-state index contributed by atoms with van der Waals surface area (Å²) in [5.74, 6) is 0.480. The molecular formula is C17H17ClN6O3S. The van der Waals surface area contributed by atoms with Gasteiger partial charge in [-0.25, -0.2) is 9.67 Å². The number of carbonyl (C=O) groups is 2. The van der Waals surface area contributed by atoms with Gasteiger partial charge in [0.05, 0.1) is 22.4 Å². The third-order valence-corrected chi connectivity index (χ3v) is 4.99. The Morgan fingerprint density at radius 2 is 2.14 bits per heavy atom. The first-order valence-corrected chi connectivity index (χ1v) is 9.65. The van der Waals surface area contributed by atoms with Gasteiger partial charge in [0.1, 0.15) is 18.4 Å². The molecule has 11 heteroatoms. The standard InChI is InChI=1S/C17H17ClN6O3S/c1-10-5-15(23-27-10)22-17(26)11(2)28-7-16(25)21-13-6-12(18)3-4-14(13)24-9-19-8-20-24/h3-6,8-9,11H,7H2,1-2H3,(H,21,25)(H,22,23,26). The summed E-state index contributed by atoms with van der Waals surface area (Å²) >= 11 is 7.24. The van der Waals surface area contributed by atoms with Crippen LogP contribution in [-0.2, 0) is 9.59 Å². The van der Waals surface area contributed by atoms with E-state index < -0.39 is 5.25 Å². The first-order chi connectivity index (χ1) is 13.4. The fraction of sp³-hybridized carbons (Fsp3) is 0.235. The Bertz CT molecular complexity index is 975. The van der Waals surface area contributed by atoms with Crippen LogP contribution < -0.4 is 10.6 Å². The summed E-state index contributed by atoms with van der Waals surface area (Å²) in [7, 11) is 0. The maximum atomic E-state index is 12.4. The molecular weight excluding hydrogens is 404 g/mol. The summed E-state index contributed by atoms with van der Waals surface area (Å²) in [5.41, 5.74) is 1.13. The molecule has 2 heterocycles. The fourth-order valence-corrected chi connectivity index (χ4v) is 3.11. The van der Waals surface area contributed by atoms with Crippen LogP contribution in [0.2, 0.25) is 5.02 Å². The summed E-state index contributed by atoms with van der Waals surface area (Å²) in [6.45, 7) is 3.44. The van der Waals surface area contributed by atoms with Crippen LogP contribution in [0.3, 0.4) is 0 Å². The smallest absolute Gasteiger partial charge is 0.238 e. The van der Waals surface area contributed by atoms with Gasteiger partial charge in [-0.2, -0.15) is 5.10 Å². The lowest BCUT2D eigenvalue weighted by atomic mass is 10.2. The number of aromatic nitrogens is 4. The number of hydrogen-bond donors (Lipinski definition) is 2. The fourth-order valence-electron chi connectivity index (χ4n) is 2.26. The van der Waals surface area contributed by atoms with E-state index in [1.54, 1.807) is 38.1 Å². The number of nitrogens with one attached hydrogen (secondary N) is 2. The van der Waals surface area contributed by atoms with Crippen molar-refractivity contribution in [2.75, 3.05) is 16.4 Å². The highest BCUT2D eigenvalue weighted by atomic mass is 35.5. The molecule has 0 aliphatic carbocycles. The van der Waals surface area contributed by atoms with E-state index in [4.69, 9.17) is 16.1 Å². The first kappa shape index (κ1) is 19.9. The SMILES string of the molecule is Cc1cc(NC(=O)C(C)SCC(=O)Nc2cc(Cl)ccc2-n2cncn2)no1. The van der Waals surface area contributed by atoms with Crippen molar-refractivity contribution in [2.24, 2.45) is 0 Å². The van der Waals surface area contributed by atoms with Gasteiger partial charge in [-0.15, -0.1) is 11.8 Å². The van der Waals surface area contributed by atoms with Gasteiger partial charge in [0.25, 0.3) is 0 Å². The van der Waals surface area contributed by atoms with E-state index in [2.05, 4.69) is 25.9 Å². The molecule has 0 aliphatic heterocycles. The normalized spacial score (nSPS) is 11.8. The molecule has 2 amide bonds. The van der Waals surface area contributed by atoms with E-state index in [9.17, 15) is 9.59 Å². The monoisotopic (exact) mass is 420 g/mol. The topological polar surface area (TPSA) is 115 Å². The Morgan fingerprint density at radius 1 is 1.32 bits per heavy atom. The Morgan fingerprint density at radius 3 is 2.82 bits per heavy atom. The van der Waals surface area contributed by atoms with Gasteiger partial charge in [-0.3, -0.25) is 9.59 Å². The van der Waals surface area contributed by atoms with Gasteiger partial charge >= 0.3 is 0 Å². The van der Waals surface area contributed by atoms with E-state index in [1.807, 2.05) is 0 Å². The number of benzene rings is 1. The van der Waals surface area contributed by atoms with E-state index in [1.165, 1.54) is 29.1 Å². The predicted octanol–water partition coefficient (Wildman–Crippen LogP) is 2.92. The van der Waals surface area contributed by atoms with Gasteiger partial charge in [0.15, 0.2) is 5.82 Å². The number of hydrogen-bond acceptors (Lipinski definition) is 7. The summed E-state index contributed by atoms with van der Waals surface area (Å²) in [6.07, 6.45) is 2.92. The molecule has 28 heavy (non-hydrogen) atoms. The van der Waals surface area contributed by atoms with Gasteiger partial charge in [-0.1, -0.05) is 16.8 Å². The van der Waals surface area contributed by atoms with Crippen LogP contribution in [0, 0.1) is 6.92 Å². The molecule has 1 atom stereocenters. The van der Waals surface area contributed by atoms with E-state index in [0.717, 1.165) is 0 Å². The zero-order valence-electron chi connectivity index (χ0n) is 15.0. The highest BCUT2D eigenvalue weighted by molar-refractivity contribution is 8.01. The second-order valence-corrected chi connectivity index (χ2v) is 7.58. The summed E-state index contributed by atoms with van der Waals surface area (Å²) < 4.78 is 6.43.